The van der Waals surface area contributed by atoms with Crippen molar-refractivity contribution >= 4 is 5.91 Å². The third-order valence-corrected chi connectivity index (χ3v) is 5.71. The van der Waals surface area contributed by atoms with E-state index in [0.717, 1.165) is 11.1 Å². The van der Waals surface area contributed by atoms with E-state index in [4.69, 9.17) is 0 Å². The first-order valence-corrected chi connectivity index (χ1v) is 11.4. The van der Waals surface area contributed by atoms with Crippen molar-refractivity contribution < 1.29 is 20.1 Å². The van der Waals surface area contributed by atoms with Crippen LogP contribution in [0.5, 0.6) is 0 Å². The van der Waals surface area contributed by atoms with Gasteiger partial charge in [0, 0.05) is 12.1 Å². The molecule has 0 aliphatic carbocycles. The standard InChI is InChI=1S/C27H37NO4/c1-4-5-6-7-14-22-19-25(30)23-17-20(2)12-8-10-15-24(29)26(31)18-21(3)13-9-11-16-27(32)28(22)23/h4-9,11-13,16-18,22-26,29-31H,10,14-15,19H2,1-3H3/b5-4+,7-6+,12-8+,13-9+,16-11+,20-17+,21-18+/t22-,23-,24-,25+,26+/m1/s1. The lowest BCUT2D eigenvalue weighted by Crippen LogP contribution is -2.41. The van der Waals surface area contributed by atoms with Crippen molar-refractivity contribution in [2.24, 2.45) is 0 Å². The lowest BCUT2D eigenvalue weighted by Gasteiger charge is -2.28. The molecule has 1 fully saturated rings. The molecule has 0 bridgehead atoms. The van der Waals surface area contributed by atoms with E-state index in [1.807, 2.05) is 63.3 Å². The van der Waals surface area contributed by atoms with Crippen molar-refractivity contribution in [1.82, 2.24) is 4.90 Å². The second-order valence-corrected chi connectivity index (χ2v) is 8.46. The van der Waals surface area contributed by atoms with Gasteiger partial charge in [-0.2, -0.15) is 0 Å². The molecular weight excluding hydrogens is 402 g/mol. The van der Waals surface area contributed by atoms with Crippen LogP contribution in [0, 0.1) is 0 Å². The van der Waals surface area contributed by atoms with E-state index >= 15 is 0 Å². The van der Waals surface area contributed by atoms with Gasteiger partial charge in [0.1, 0.15) is 0 Å². The molecule has 3 N–H and O–H groups in total. The van der Waals surface area contributed by atoms with Crippen LogP contribution in [0.25, 0.3) is 0 Å². The second-order valence-electron chi connectivity index (χ2n) is 8.46. The molecule has 1 amide bonds. The maximum atomic E-state index is 13.1. The molecule has 0 spiro atoms. The van der Waals surface area contributed by atoms with Gasteiger partial charge in [-0.25, -0.2) is 0 Å². The molecule has 0 aromatic carbocycles. The Morgan fingerprint density at radius 3 is 2.47 bits per heavy atom. The highest BCUT2D eigenvalue weighted by molar-refractivity contribution is 5.89. The summed E-state index contributed by atoms with van der Waals surface area (Å²) >= 11 is 0. The average molecular weight is 440 g/mol. The van der Waals surface area contributed by atoms with E-state index in [9.17, 15) is 20.1 Å². The van der Waals surface area contributed by atoms with Crippen LogP contribution < -0.4 is 0 Å². The summed E-state index contributed by atoms with van der Waals surface area (Å²) in [7, 11) is 0. The molecule has 0 saturated carbocycles. The van der Waals surface area contributed by atoms with Gasteiger partial charge in [-0.15, -0.1) is 0 Å². The van der Waals surface area contributed by atoms with Crippen molar-refractivity contribution in [1.29, 1.82) is 0 Å². The largest absolute Gasteiger partial charge is 0.391 e. The molecule has 0 aromatic rings. The number of fused-ring (bicyclic) bond motifs is 1. The number of nitrogens with zero attached hydrogens (tertiary/aromatic N) is 1. The second kappa shape index (κ2) is 13.2. The van der Waals surface area contributed by atoms with Gasteiger partial charge in [-0.1, -0.05) is 78.0 Å². The first-order valence-electron chi connectivity index (χ1n) is 11.4. The fourth-order valence-electron chi connectivity index (χ4n) is 4.01. The molecule has 32 heavy (non-hydrogen) atoms. The molecule has 0 radical (unpaired) electrons. The predicted molar refractivity (Wildman–Crippen MR) is 130 cm³/mol. The molecular formula is C27H37NO4. The number of carbonyl (C=O) groups excluding carboxylic acids is 1. The van der Waals surface area contributed by atoms with Gasteiger partial charge in [0.2, 0.25) is 5.91 Å². The fraction of sp³-hybridized carbons (Fsp3) is 0.444. The van der Waals surface area contributed by atoms with Crippen LogP contribution in [0.3, 0.4) is 0 Å². The molecule has 5 nitrogen and oxygen atoms in total. The lowest BCUT2D eigenvalue weighted by atomic mass is 10.0. The summed E-state index contributed by atoms with van der Waals surface area (Å²) in [5.41, 5.74) is 1.74. The maximum absolute atomic E-state index is 13.1. The minimum absolute atomic E-state index is 0.0836. The third kappa shape index (κ3) is 7.90. The van der Waals surface area contributed by atoms with Crippen molar-refractivity contribution in [3.05, 3.63) is 84.1 Å². The van der Waals surface area contributed by atoms with E-state index < -0.39 is 24.4 Å². The van der Waals surface area contributed by atoms with E-state index in [1.165, 1.54) is 6.08 Å². The molecule has 2 heterocycles. The van der Waals surface area contributed by atoms with Crippen LogP contribution in [0.1, 0.15) is 46.5 Å². The topological polar surface area (TPSA) is 81.0 Å². The Hall–Kier alpha value is -2.47. The first-order chi connectivity index (χ1) is 15.3. The zero-order valence-corrected chi connectivity index (χ0v) is 19.3. The molecule has 2 aliphatic heterocycles. The number of allylic oxidation sites excluding steroid dienone is 10. The average Bonchev–Trinajstić information content (AvgIpc) is 3.05. The van der Waals surface area contributed by atoms with Crippen molar-refractivity contribution in [3.8, 4) is 0 Å². The van der Waals surface area contributed by atoms with Gasteiger partial charge in [0.25, 0.3) is 0 Å². The molecule has 174 valence electrons. The van der Waals surface area contributed by atoms with Crippen LogP contribution in [0.15, 0.2) is 84.1 Å². The third-order valence-electron chi connectivity index (χ3n) is 5.71. The minimum Gasteiger partial charge on any atom is -0.391 e. The molecule has 0 aromatic heterocycles. The van der Waals surface area contributed by atoms with Gasteiger partial charge < -0.3 is 20.2 Å². The van der Waals surface area contributed by atoms with Crippen molar-refractivity contribution in [3.63, 3.8) is 0 Å². The van der Waals surface area contributed by atoms with Crippen LogP contribution >= 0.6 is 0 Å². The predicted octanol–water partition coefficient (Wildman–Crippen LogP) is 3.92. The fourth-order valence-corrected chi connectivity index (χ4v) is 4.01. The summed E-state index contributed by atoms with van der Waals surface area (Å²) in [6.07, 6.45) is 21.9. The van der Waals surface area contributed by atoms with E-state index in [2.05, 4.69) is 0 Å². The summed E-state index contributed by atoms with van der Waals surface area (Å²) < 4.78 is 0. The Bertz CT molecular complexity index is 831. The van der Waals surface area contributed by atoms with Crippen LogP contribution in [0.4, 0.5) is 0 Å². The number of hydrogen-bond donors (Lipinski definition) is 3. The van der Waals surface area contributed by atoms with Crippen LogP contribution in [0.2, 0.25) is 0 Å². The summed E-state index contributed by atoms with van der Waals surface area (Å²) in [5, 5.41) is 31.1. The van der Waals surface area contributed by atoms with Gasteiger partial charge in [-0.05, 0) is 46.5 Å². The van der Waals surface area contributed by atoms with Crippen molar-refractivity contribution in [2.45, 2.75) is 76.9 Å². The first kappa shape index (κ1) is 25.8. The summed E-state index contributed by atoms with van der Waals surface area (Å²) in [6.45, 7) is 5.73. The quantitative estimate of drug-likeness (QED) is 0.583. The smallest absolute Gasteiger partial charge is 0.247 e. The van der Waals surface area contributed by atoms with Crippen LogP contribution in [-0.2, 0) is 4.79 Å². The Morgan fingerprint density at radius 2 is 1.72 bits per heavy atom. The molecule has 2 aliphatic rings. The van der Waals surface area contributed by atoms with E-state index in [-0.39, 0.29) is 11.9 Å². The number of amides is 1. The molecule has 1 saturated heterocycles. The Labute approximate surface area is 192 Å². The highest BCUT2D eigenvalue weighted by Gasteiger charge is 2.40. The molecule has 5 heteroatoms. The monoisotopic (exact) mass is 439 g/mol. The zero-order chi connectivity index (χ0) is 23.5. The molecule has 0 unspecified atom stereocenters. The summed E-state index contributed by atoms with van der Waals surface area (Å²) in [6, 6.07) is -0.481. The van der Waals surface area contributed by atoms with E-state index in [1.54, 1.807) is 29.2 Å². The SMILES string of the molecule is C/C=C/C=C/C[C@@H]1C[C@H](O)[C@H]2/C=C(C)/C=C/CC[C@@H](O)[C@@H](O)/C=C(C)/C=C/C=C/C(=O)N12. The minimum atomic E-state index is -0.942. The van der Waals surface area contributed by atoms with Gasteiger partial charge in [0.15, 0.2) is 0 Å². The van der Waals surface area contributed by atoms with Crippen molar-refractivity contribution in [2.75, 3.05) is 0 Å². The normalized spacial score (nSPS) is 36.9. The summed E-state index contributed by atoms with van der Waals surface area (Å²) in [4.78, 5) is 14.9. The highest BCUT2D eigenvalue weighted by Crippen LogP contribution is 2.29. The maximum Gasteiger partial charge on any atom is 0.247 e. The number of aliphatic hydroxyl groups excluding tert-OH is 3. The summed E-state index contributed by atoms with van der Waals surface area (Å²) in [5.74, 6) is -0.143. The van der Waals surface area contributed by atoms with Gasteiger partial charge >= 0.3 is 0 Å². The van der Waals surface area contributed by atoms with Gasteiger partial charge in [-0.3, -0.25) is 4.79 Å². The number of hydrogen-bond acceptors (Lipinski definition) is 4. The van der Waals surface area contributed by atoms with Crippen LogP contribution in [-0.4, -0.2) is 56.5 Å². The number of aliphatic hydroxyl groups is 3. The zero-order valence-electron chi connectivity index (χ0n) is 19.3. The van der Waals surface area contributed by atoms with E-state index in [0.29, 0.717) is 25.7 Å². The highest BCUT2D eigenvalue weighted by atomic mass is 16.3. The molecule has 2 rings (SSSR count). The van der Waals surface area contributed by atoms with Gasteiger partial charge in [0.05, 0.1) is 24.4 Å². The lowest BCUT2D eigenvalue weighted by molar-refractivity contribution is -0.128. The molecule has 5 atom stereocenters. The Kier molecular flexibility index (Phi) is 10.6. The Balaban J connectivity index is 2.35. The Morgan fingerprint density at radius 1 is 1.00 bits per heavy atom. The number of carbonyl (C=O) groups is 1. The number of rotatable bonds is 3.